The van der Waals surface area contributed by atoms with E-state index in [9.17, 15) is 25.2 Å². The number of aliphatic hydroxyl groups excluding tert-OH is 2. The van der Waals surface area contributed by atoms with Crippen molar-refractivity contribution in [3.63, 3.8) is 0 Å². The van der Waals surface area contributed by atoms with Crippen LogP contribution in [0.15, 0.2) is 11.6 Å². The second-order valence-corrected chi connectivity index (χ2v) is 18.5. The molecule has 20 atom stereocenters. The number of carbonyl (C=O) groups is 1. The van der Waals surface area contributed by atoms with Gasteiger partial charge in [0.25, 0.3) is 0 Å². The van der Waals surface area contributed by atoms with Crippen molar-refractivity contribution in [3.05, 3.63) is 11.6 Å². The minimum atomic E-state index is -1.57. The third-order valence-electron chi connectivity index (χ3n) is 15.7. The Morgan fingerprint density at radius 1 is 0.750 bits per heavy atom. The van der Waals surface area contributed by atoms with Crippen LogP contribution in [0.5, 0.6) is 0 Å². The summed E-state index contributed by atoms with van der Waals surface area (Å²) in [6.07, 6.45) is 0.208. The maximum absolute atomic E-state index is 12.7. The van der Waals surface area contributed by atoms with Gasteiger partial charge < -0.3 is 63.1 Å². The van der Waals surface area contributed by atoms with Gasteiger partial charge in [-0.2, -0.15) is 0 Å². The zero-order valence-electron chi connectivity index (χ0n) is 34.8. The van der Waals surface area contributed by atoms with Gasteiger partial charge in [-0.15, -0.1) is 0 Å². The van der Waals surface area contributed by atoms with Crippen molar-refractivity contribution in [1.29, 1.82) is 0 Å². The molecule has 6 fully saturated rings. The number of carbonyl (C=O) groups excluding carboxylic acids is 1. The quantitative estimate of drug-likeness (QED) is 0.237. The number of Topliss-reactive ketones (excluding diaryl/α,β-unsaturated/α-hetero) is 1. The number of ether oxygens (including phenoxy) is 9. The van der Waals surface area contributed by atoms with Crippen LogP contribution < -0.4 is 0 Å². The SMILES string of the molecule is COC1CC(OC2C(C)OC(OC3C(C)OC(OC4CCC5(C)C(=CCC6(O)C5CC(O)C5(C)C(C(C)=O)CCC65O)C4)CC3OC)CC2OC)OC(C)C1O. The number of fused-ring (bicyclic) bond motifs is 5. The van der Waals surface area contributed by atoms with Crippen molar-refractivity contribution in [2.75, 3.05) is 21.3 Å². The molecular formula is C42H68O14. The van der Waals surface area contributed by atoms with Crippen LogP contribution in [-0.2, 0) is 47.4 Å². The first kappa shape index (κ1) is 43.0. The zero-order valence-corrected chi connectivity index (χ0v) is 34.8. The second-order valence-electron chi connectivity index (χ2n) is 18.5. The zero-order chi connectivity index (χ0) is 40.5. The Morgan fingerprint density at radius 3 is 1.84 bits per heavy atom. The van der Waals surface area contributed by atoms with Crippen molar-refractivity contribution in [3.8, 4) is 0 Å². The number of methoxy groups -OCH3 is 3. The molecule has 0 aromatic rings. The fourth-order valence-electron chi connectivity index (χ4n) is 12.3. The third kappa shape index (κ3) is 6.97. The molecule has 20 unspecified atom stereocenters. The minimum absolute atomic E-state index is 0.0474. The summed E-state index contributed by atoms with van der Waals surface area (Å²) >= 11 is 0. The monoisotopic (exact) mass is 796 g/mol. The highest BCUT2D eigenvalue weighted by atomic mass is 16.7. The topological polar surface area (TPSA) is 181 Å². The molecule has 0 spiro atoms. The first-order valence-corrected chi connectivity index (χ1v) is 21.0. The first-order chi connectivity index (χ1) is 26.4. The van der Waals surface area contributed by atoms with Crippen LogP contribution in [0.1, 0.15) is 106 Å². The van der Waals surface area contributed by atoms with Gasteiger partial charge in [-0.1, -0.05) is 25.5 Å². The molecule has 7 aliphatic rings. The summed E-state index contributed by atoms with van der Waals surface area (Å²) in [4.78, 5) is 12.7. The highest BCUT2D eigenvalue weighted by Crippen LogP contribution is 2.69. The predicted molar refractivity (Wildman–Crippen MR) is 200 cm³/mol. The molecule has 7 rings (SSSR count). The Balaban J connectivity index is 0.959. The first-order valence-electron chi connectivity index (χ1n) is 21.0. The Hall–Kier alpha value is -1.11. The summed E-state index contributed by atoms with van der Waals surface area (Å²) in [6, 6.07) is 0. The van der Waals surface area contributed by atoms with Gasteiger partial charge in [0.15, 0.2) is 18.9 Å². The van der Waals surface area contributed by atoms with E-state index in [0.29, 0.717) is 38.5 Å². The predicted octanol–water partition coefficient (Wildman–Crippen LogP) is 3.32. The van der Waals surface area contributed by atoms with E-state index in [4.69, 9.17) is 42.6 Å². The van der Waals surface area contributed by atoms with Gasteiger partial charge in [-0.05, 0) is 78.1 Å². The lowest BCUT2D eigenvalue weighted by Gasteiger charge is -2.66. The fraction of sp³-hybridized carbons (Fsp3) is 0.929. The summed E-state index contributed by atoms with van der Waals surface area (Å²) < 4.78 is 55.7. The number of hydrogen-bond donors (Lipinski definition) is 4. The molecule has 56 heavy (non-hydrogen) atoms. The molecule has 3 aliphatic heterocycles. The van der Waals surface area contributed by atoms with E-state index in [1.54, 1.807) is 35.2 Å². The average Bonchev–Trinajstić information content (AvgIpc) is 3.46. The molecule has 3 saturated heterocycles. The fourth-order valence-corrected chi connectivity index (χ4v) is 12.3. The molecule has 4 aliphatic carbocycles. The lowest BCUT2D eigenvalue weighted by atomic mass is 9.43. The summed E-state index contributed by atoms with van der Waals surface area (Å²) in [7, 11) is 4.88. The van der Waals surface area contributed by atoms with Gasteiger partial charge >= 0.3 is 0 Å². The van der Waals surface area contributed by atoms with E-state index in [1.807, 2.05) is 13.8 Å². The summed E-state index contributed by atoms with van der Waals surface area (Å²) in [5, 5.41) is 46.9. The van der Waals surface area contributed by atoms with Crippen molar-refractivity contribution < 1.29 is 67.9 Å². The normalized spacial score (nSPS) is 53.4. The molecule has 3 saturated carbocycles. The highest BCUT2D eigenvalue weighted by molar-refractivity contribution is 5.80. The molecule has 14 heteroatoms. The molecular weight excluding hydrogens is 728 g/mol. The van der Waals surface area contributed by atoms with Crippen LogP contribution in [0.3, 0.4) is 0 Å². The molecule has 0 amide bonds. The van der Waals surface area contributed by atoms with E-state index >= 15 is 0 Å². The standard InChI is InChI=1S/C42H68O14/c1-21(43)27-12-15-42(47)40(27,6)32(44)20-31-39(5)13-11-26(16-25(39)10-14-41(31,42)46)54-33-18-29(49-8)37(23(3)52-33)56-35-19-30(50-9)38(24(4)53-35)55-34-17-28(48-7)36(45)22(2)51-34/h10,22-24,26-38,44-47H,11-20H2,1-9H3. The van der Waals surface area contributed by atoms with Crippen molar-refractivity contribution in [1.82, 2.24) is 0 Å². The van der Waals surface area contributed by atoms with Gasteiger partial charge in [0, 0.05) is 57.8 Å². The number of ketones is 1. The van der Waals surface area contributed by atoms with Crippen LogP contribution in [0, 0.1) is 22.7 Å². The summed E-state index contributed by atoms with van der Waals surface area (Å²) in [5.74, 6) is -0.898. The van der Waals surface area contributed by atoms with Crippen LogP contribution in [-0.4, -0.2) is 145 Å². The number of hydrogen-bond acceptors (Lipinski definition) is 14. The van der Waals surface area contributed by atoms with Gasteiger partial charge in [0.1, 0.15) is 35.3 Å². The number of rotatable bonds is 10. The second kappa shape index (κ2) is 16.1. The van der Waals surface area contributed by atoms with Gasteiger partial charge in [-0.25, -0.2) is 0 Å². The Labute approximate surface area is 331 Å². The lowest BCUT2D eigenvalue weighted by Crippen LogP contribution is -2.75. The smallest absolute Gasteiger partial charge is 0.161 e. The minimum Gasteiger partial charge on any atom is -0.392 e. The van der Waals surface area contributed by atoms with E-state index in [-0.39, 0.29) is 55.1 Å². The van der Waals surface area contributed by atoms with Crippen molar-refractivity contribution >= 4 is 5.78 Å². The van der Waals surface area contributed by atoms with Gasteiger partial charge in [0.2, 0.25) is 0 Å². The van der Waals surface area contributed by atoms with Crippen LogP contribution >= 0.6 is 0 Å². The van der Waals surface area contributed by atoms with Crippen LogP contribution in [0.25, 0.3) is 0 Å². The van der Waals surface area contributed by atoms with E-state index in [0.717, 1.165) is 12.8 Å². The van der Waals surface area contributed by atoms with Crippen LogP contribution in [0.2, 0.25) is 0 Å². The molecule has 0 bridgehead atoms. The summed E-state index contributed by atoms with van der Waals surface area (Å²) in [6.45, 7) is 11.2. The van der Waals surface area contributed by atoms with Gasteiger partial charge in [0.05, 0.1) is 48.8 Å². The van der Waals surface area contributed by atoms with E-state index < -0.39 is 83.4 Å². The third-order valence-corrected chi connectivity index (χ3v) is 15.7. The maximum atomic E-state index is 12.7. The molecule has 3 heterocycles. The van der Waals surface area contributed by atoms with Gasteiger partial charge in [-0.3, -0.25) is 4.79 Å². The average molecular weight is 797 g/mol. The van der Waals surface area contributed by atoms with Crippen molar-refractivity contribution in [2.45, 2.75) is 203 Å². The maximum Gasteiger partial charge on any atom is 0.161 e. The van der Waals surface area contributed by atoms with E-state index in [2.05, 4.69) is 13.0 Å². The Bertz CT molecular complexity index is 1450. The molecule has 0 radical (unpaired) electrons. The Kier molecular flexibility index (Phi) is 12.3. The summed E-state index contributed by atoms with van der Waals surface area (Å²) in [5.41, 5.74) is -3.38. The molecule has 0 aromatic heterocycles. The molecule has 0 aromatic carbocycles. The van der Waals surface area contributed by atoms with Crippen molar-refractivity contribution in [2.24, 2.45) is 22.7 Å². The Morgan fingerprint density at radius 2 is 1.29 bits per heavy atom. The van der Waals surface area contributed by atoms with E-state index in [1.165, 1.54) is 12.5 Å². The highest BCUT2D eigenvalue weighted by Gasteiger charge is 2.76. The number of aliphatic hydroxyl groups is 4. The molecule has 4 N–H and O–H groups in total. The van der Waals surface area contributed by atoms with Crippen LogP contribution in [0.4, 0.5) is 0 Å². The molecule has 14 nitrogen and oxygen atoms in total. The lowest BCUT2D eigenvalue weighted by molar-refractivity contribution is -0.338. The molecule has 320 valence electrons. The largest absolute Gasteiger partial charge is 0.392 e.